The maximum Gasteiger partial charge on any atom is 0.107 e. The molecule has 0 fully saturated rings. The van der Waals surface area contributed by atoms with E-state index in [0.717, 1.165) is 11.4 Å². The van der Waals surface area contributed by atoms with Gasteiger partial charge in [-0.1, -0.05) is 53.6 Å². The number of thiocarbonyl (C=S) groups is 1. The summed E-state index contributed by atoms with van der Waals surface area (Å²) >= 11 is 17.2. The summed E-state index contributed by atoms with van der Waals surface area (Å²) in [5, 5.41) is 4.31. The van der Waals surface area contributed by atoms with Crippen molar-refractivity contribution >= 4 is 51.8 Å². The topological polar surface area (TPSA) is 38.0 Å². The standard InChI is InChI=1S/C13H10Cl2N2S/c14-8-4-1-2-6-10(8)17-11-7-3-5-9(15)12(11)13(16)18/h1-7,17H,(H2,16,18). The van der Waals surface area contributed by atoms with Gasteiger partial charge < -0.3 is 11.1 Å². The second kappa shape index (κ2) is 5.57. The summed E-state index contributed by atoms with van der Waals surface area (Å²) in [4.78, 5) is 0.246. The molecule has 0 atom stereocenters. The minimum absolute atomic E-state index is 0.246. The first-order chi connectivity index (χ1) is 8.59. The van der Waals surface area contributed by atoms with Crippen LogP contribution in [0, 0.1) is 0 Å². The fraction of sp³-hybridized carbons (Fsp3) is 0. The van der Waals surface area contributed by atoms with Gasteiger partial charge in [-0.3, -0.25) is 0 Å². The van der Waals surface area contributed by atoms with Gasteiger partial charge in [0.15, 0.2) is 0 Å². The molecule has 0 saturated heterocycles. The van der Waals surface area contributed by atoms with Crippen LogP contribution in [0.3, 0.4) is 0 Å². The van der Waals surface area contributed by atoms with Crippen molar-refractivity contribution in [2.75, 3.05) is 5.32 Å². The Labute approximate surface area is 121 Å². The van der Waals surface area contributed by atoms with Crippen LogP contribution in [0.15, 0.2) is 42.5 Å². The fourth-order valence-corrected chi connectivity index (χ4v) is 2.32. The van der Waals surface area contributed by atoms with E-state index < -0.39 is 0 Å². The summed E-state index contributed by atoms with van der Waals surface area (Å²) in [5.41, 5.74) is 7.82. The smallest absolute Gasteiger partial charge is 0.107 e. The zero-order valence-corrected chi connectivity index (χ0v) is 11.6. The third-order valence-corrected chi connectivity index (χ3v) is 3.25. The highest BCUT2D eigenvalue weighted by Gasteiger charge is 2.10. The lowest BCUT2D eigenvalue weighted by Crippen LogP contribution is -2.12. The molecule has 0 heterocycles. The van der Waals surface area contributed by atoms with E-state index in [-0.39, 0.29) is 4.99 Å². The lowest BCUT2D eigenvalue weighted by molar-refractivity contribution is 1.52. The molecular formula is C13H10Cl2N2S. The van der Waals surface area contributed by atoms with Crippen molar-refractivity contribution in [2.24, 2.45) is 5.73 Å². The van der Waals surface area contributed by atoms with Gasteiger partial charge in [0.1, 0.15) is 4.99 Å². The van der Waals surface area contributed by atoms with E-state index in [9.17, 15) is 0 Å². The summed E-state index contributed by atoms with van der Waals surface area (Å²) in [5.74, 6) is 0. The minimum Gasteiger partial charge on any atom is -0.389 e. The highest BCUT2D eigenvalue weighted by atomic mass is 35.5. The molecule has 0 unspecified atom stereocenters. The molecule has 0 saturated carbocycles. The van der Waals surface area contributed by atoms with Crippen molar-refractivity contribution in [1.82, 2.24) is 0 Å². The summed E-state index contributed by atoms with van der Waals surface area (Å²) in [6.07, 6.45) is 0. The lowest BCUT2D eigenvalue weighted by atomic mass is 10.1. The number of para-hydroxylation sites is 1. The van der Waals surface area contributed by atoms with Crippen LogP contribution >= 0.6 is 35.4 Å². The van der Waals surface area contributed by atoms with Crippen LogP contribution in [-0.4, -0.2) is 4.99 Å². The van der Waals surface area contributed by atoms with Crippen molar-refractivity contribution in [3.63, 3.8) is 0 Å². The third kappa shape index (κ3) is 2.75. The quantitative estimate of drug-likeness (QED) is 0.826. The van der Waals surface area contributed by atoms with Crippen molar-refractivity contribution < 1.29 is 0 Å². The zero-order valence-electron chi connectivity index (χ0n) is 9.28. The van der Waals surface area contributed by atoms with Crippen molar-refractivity contribution in [3.8, 4) is 0 Å². The van der Waals surface area contributed by atoms with E-state index in [0.29, 0.717) is 15.6 Å². The van der Waals surface area contributed by atoms with Crippen molar-refractivity contribution in [2.45, 2.75) is 0 Å². The van der Waals surface area contributed by atoms with E-state index in [1.807, 2.05) is 30.3 Å². The average Bonchev–Trinajstić information content (AvgIpc) is 2.31. The first-order valence-electron chi connectivity index (χ1n) is 5.19. The van der Waals surface area contributed by atoms with Gasteiger partial charge in [0.25, 0.3) is 0 Å². The number of rotatable bonds is 3. The van der Waals surface area contributed by atoms with Crippen LogP contribution in [0.5, 0.6) is 0 Å². The number of hydrogen-bond donors (Lipinski definition) is 2. The molecule has 92 valence electrons. The van der Waals surface area contributed by atoms with Gasteiger partial charge in [-0.05, 0) is 24.3 Å². The van der Waals surface area contributed by atoms with Gasteiger partial charge >= 0.3 is 0 Å². The number of benzene rings is 2. The third-order valence-electron chi connectivity index (χ3n) is 2.40. The van der Waals surface area contributed by atoms with Crippen LogP contribution in [-0.2, 0) is 0 Å². The van der Waals surface area contributed by atoms with Crippen molar-refractivity contribution in [3.05, 3.63) is 58.1 Å². The van der Waals surface area contributed by atoms with E-state index >= 15 is 0 Å². The van der Waals surface area contributed by atoms with Gasteiger partial charge in [0, 0.05) is 0 Å². The normalized spacial score (nSPS) is 10.1. The number of hydrogen-bond acceptors (Lipinski definition) is 2. The van der Waals surface area contributed by atoms with E-state index in [4.69, 9.17) is 41.2 Å². The minimum atomic E-state index is 0.246. The monoisotopic (exact) mass is 296 g/mol. The first-order valence-corrected chi connectivity index (χ1v) is 6.36. The second-order valence-electron chi connectivity index (χ2n) is 3.63. The molecule has 0 spiro atoms. The molecule has 5 heteroatoms. The van der Waals surface area contributed by atoms with Gasteiger partial charge in [-0.25, -0.2) is 0 Å². The summed E-state index contributed by atoms with van der Waals surface area (Å²) in [6.45, 7) is 0. The van der Waals surface area contributed by atoms with E-state index in [2.05, 4.69) is 5.32 Å². The predicted molar refractivity (Wildman–Crippen MR) is 82.1 cm³/mol. The Morgan fingerprint density at radius 1 is 0.944 bits per heavy atom. The molecule has 2 aromatic carbocycles. The maximum atomic E-state index is 6.09. The number of nitrogens with one attached hydrogen (secondary N) is 1. The summed E-state index contributed by atoms with van der Waals surface area (Å²) < 4.78 is 0. The largest absolute Gasteiger partial charge is 0.389 e. The first kappa shape index (κ1) is 13.1. The summed E-state index contributed by atoms with van der Waals surface area (Å²) in [6, 6.07) is 12.8. The molecule has 0 aliphatic rings. The molecule has 0 aliphatic carbocycles. The molecule has 18 heavy (non-hydrogen) atoms. The van der Waals surface area contributed by atoms with Crippen LogP contribution in [0.2, 0.25) is 10.0 Å². The second-order valence-corrected chi connectivity index (χ2v) is 4.89. The van der Waals surface area contributed by atoms with Gasteiger partial charge in [-0.2, -0.15) is 0 Å². The summed E-state index contributed by atoms with van der Waals surface area (Å²) in [7, 11) is 0. The molecule has 0 bridgehead atoms. The molecule has 0 aliphatic heterocycles. The van der Waals surface area contributed by atoms with E-state index in [1.54, 1.807) is 12.1 Å². The predicted octanol–water partition coefficient (Wildman–Crippen LogP) is 4.37. The lowest BCUT2D eigenvalue weighted by Gasteiger charge is -2.13. The maximum absolute atomic E-state index is 6.09. The fourth-order valence-electron chi connectivity index (χ4n) is 1.59. The Morgan fingerprint density at radius 2 is 1.56 bits per heavy atom. The molecule has 0 radical (unpaired) electrons. The molecule has 2 aromatic rings. The Hall–Kier alpha value is -1.29. The van der Waals surface area contributed by atoms with Gasteiger partial charge in [0.2, 0.25) is 0 Å². The van der Waals surface area contributed by atoms with Gasteiger partial charge in [-0.15, -0.1) is 0 Å². The molecule has 3 N–H and O–H groups in total. The molecular weight excluding hydrogens is 287 g/mol. The van der Waals surface area contributed by atoms with Crippen LogP contribution in [0.25, 0.3) is 0 Å². The Balaban J connectivity index is 2.44. The number of halogens is 2. The van der Waals surface area contributed by atoms with Crippen molar-refractivity contribution in [1.29, 1.82) is 0 Å². The zero-order chi connectivity index (χ0) is 13.1. The number of nitrogens with two attached hydrogens (primary N) is 1. The van der Waals surface area contributed by atoms with E-state index in [1.165, 1.54) is 0 Å². The highest BCUT2D eigenvalue weighted by molar-refractivity contribution is 7.80. The van der Waals surface area contributed by atoms with Crippen LogP contribution in [0.4, 0.5) is 11.4 Å². The van der Waals surface area contributed by atoms with Gasteiger partial charge in [0.05, 0.1) is 27.0 Å². The molecule has 2 nitrogen and oxygen atoms in total. The molecule has 0 amide bonds. The van der Waals surface area contributed by atoms with Crippen LogP contribution < -0.4 is 11.1 Å². The Morgan fingerprint density at radius 3 is 2.22 bits per heavy atom. The number of anilines is 2. The SMILES string of the molecule is NC(=S)c1c(Cl)cccc1Nc1ccccc1Cl. The average molecular weight is 297 g/mol. The molecule has 2 rings (SSSR count). The highest BCUT2D eigenvalue weighted by Crippen LogP contribution is 2.30. The Bertz CT molecular complexity index is 599. The Kier molecular flexibility index (Phi) is 4.07. The van der Waals surface area contributed by atoms with Crippen LogP contribution in [0.1, 0.15) is 5.56 Å². The molecule has 0 aromatic heterocycles.